The number of likely N-dealkylation sites (tertiary alicyclic amines) is 1. The van der Waals surface area contributed by atoms with Crippen molar-refractivity contribution in [3.63, 3.8) is 0 Å². The Morgan fingerprint density at radius 2 is 1.94 bits per heavy atom. The molecule has 0 unspecified atom stereocenters. The van der Waals surface area contributed by atoms with E-state index in [1.165, 1.54) is 18.5 Å². The van der Waals surface area contributed by atoms with Crippen LogP contribution in [0.4, 0.5) is 15.9 Å². The SMILES string of the molecule is CCN1CCC(Oc2cc3c(Nc4ccc(F)c(Cl)c4)ncnc3cc2OC)CC1.Cl. The summed E-state index contributed by atoms with van der Waals surface area (Å²) in [6.07, 6.45) is 3.55. The van der Waals surface area contributed by atoms with Crippen LogP contribution < -0.4 is 14.8 Å². The number of rotatable bonds is 6. The Kier molecular flexibility index (Phi) is 7.75. The van der Waals surface area contributed by atoms with Gasteiger partial charge in [-0.15, -0.1) is 12.4 Å². The Balaban J connectivity index is 0.00000272. The molecule has 31 heavy (non-hydrogen) atoms. The molecule has 1 aliphatic rings. The van der Waals surface area contributed by atoms with E-state index in [2.05, 4.69) is 27.1 Å². The van der Waals surface area contributed by atoms with Gasteiger partial charge >= 0.3 is 0 Å². The number of fused-ring (bicyclic) bond motifs is 1. The lowest BCUT2D eigenvalue weighted by molar-refractivity contribution is 0.101. The van der Waals surface area contributed by atoms with Crippen molar-refractivity contribution in [1.29, 1.82) is 0 Å². The molecule has 3 aromatic rings. The summed E-state index contributed by atoms with van der Waals surface area (Å²) in [4.78, 5) is 11.1. The molecule has 1 N–H and O–H groups in total. The first-order valence-electron chi connectivity index (χ1n) is 10.0. The van der Waals surface area contributed by atoms with Crippen molar-refractivity contribution >= 4 is 46.4 Å². The Hall–Kier alpha value is -2.35. The highest BCUT2D eigenvalue weighted by molar-refractivity contribution is 6.31. The molecule has 1 fully saturated rings. The van der Waals surface area contributed by atoms with Crippen LogP contribution >= 0.6 is 24.0 Å². The fraction of sp³-hybridized carbons (Fsp3) is 0.364. The predicted molar refractivity (Wildman–Crippen MR) is 124 cm³/mol. The molecule has 0 amide bonds. The van der Waals surface area contributed by atoms with Crippen molar-refractivity contribution in [2.75, 3.05) is 32.1 Å². The maximum Gasteiger partial charge on any atom is 0.162 e. The van der Waals surface area contributed by atoms with Crippen LogP contribution in [0.3, 0.4) is 0 Å². The molecule has 0 saturated carbocycles. The average molecular weight is 467 g/mol. The number of hydrogen-bond acceptors (Lipinski definition) is 6. The lowest BCUT2D eigenvalue weighted by Crippen LogP contribution is -2.38. The molecule has 1 saturated heterocycles. The number of piperidine rings is 1. The zero-order valence-corrected chi connectivity index (χ0v) is 19.0. The van der Waals surface area contributed by atoms with Crippen molar-refractivity contribution in [3.8, 4) is 11.5 Å². The van der Waals surface area contributed by atoms with E-state index < -0.39 is 5.82 Å². The topological polar surface area (TPSA) is 59.5 Å². The van der Waals surface area contributed by atoms with Gasteiger partial charge in [0.2, 0.25) is 0 Å². The highest BCUT2D eigenvalue weighted by atomic mass is 35.5. The molecule has 0 bridgehead atoms. The third-order valence-electron chi connectivity index (χ3n) is 5.38. The average Bonchev–Trinajstić information content (AvgIpc) is 2.77. The first-order chi connectivity index (χ1) is 14.6. The molecule has 166 valence electrons. The quantitative estimate of drug-likeness (QED) is 0.520. The summed E-state index contributed by atoms with van der Waals surface area (Å²) < 4.78 is 25.3. The number of hydrogen-bond donors (Lipinski definition) is 1. The predicted octanol–water partition coefficient (Wildman–Crippen LogP) is 5.46. The number of nitrogens with one attached hydrogen (secondary N) is 1. The first-order valence-corrected chi connectivity index (χ1v) is 10.4. The summed E-state index contributed by atoms with van der Waals surface area (Å²) in [7, 11) is 1.62. The van der Waals surface area contributed by atoms with E-state index in [9.17, 15) is 4.39 Å². The molecule has 4 rings (SSSR count). The summed E-state index contributed by atoms with van der Waals surface area (Å²) in [6, 6.07) is 8.18. The van der Waals surface area contributed by atoms with E-state index in [0.29, 0.717) is 28.5 Å². The van der Waals surface area contributed by atoms with Gasteiger partial charge in [0.25, 0.3) is 0 Å². The van der Waals surface area contributed by atoms with Crippen molar-refractivity contribution in [1.82, 2.24) is 14.9 Å². The number of nitrogens with zero attached hydrogens (tertiary/aromatic N) is 3. The van der Waals surface area contributed by atoms with Gasteiger partial charge in [0.1, 0.15) is 24.1 Å². The monoisotopic (exact) mass is 466 g/mol. The molecular weight excluding hydrogens is 442 g/mol. The molecule has 0 spiro atoms. The van der Waals surface area contributed by atoms with Gasteiger partial charge in [0.05, 0.1) is 17.6 Å². The van der Waals surface area contributed by atoms with Gasteiger partial charge in [-0.25, -0.2) is 14.4 Å². The molecule has 9 heteroatoms. The molecular formula is C22H25Cl2FN4O2. The van der Waals surface area contributed by atoms with Crippen LogP contribution in [-0.4, -0.2) is 47.7 Å². The molecule has 0 radical (unpaired) electrons. The van der Waals surface area contributed by atoms with Crippen molar-refractivity contribution in [2.45, 2.75) is 25.9 Å². The van der Waals surface area contributed by atoms with Crippen molar-refractivity contribution in [3.05, 3.63) is 47.5 Å². The summed E-state index contributed by atoms with van der Waals surface area (Å²) in [5, 5.41) is 4.01. The highest BCUT2D eigenvalue weighted by Gasteiger charge is 2.21. The summed E-state index contributed by atoms with van der Waals surface area (Å²) >= 11 is 5.90. The minimum absolute atomic E-state index is 0. The van der Waals surface area contributed by atoms with Crippen molar-refractivity contribution in [2.24, 2.45) is 0 Å². The Morgan fingerprint density at radius 1 is 1.16 bits per heavy atom. The zero-order valence-electron chi connectivity index (χ0n) is 17.4. The van der Waals surface area contributed by atoms with Gasteiger partial charge in [-0.2, -0.15) is 0 Å². The normalized spacial score (nSPS) is 14.8. The Morgan fingerprint density at radius 3 is 2.61 bits per heavy atom. The fourth-order valence-corrected chi connectivity index (χ4v) is 3.83. The summed E-state index contributed by atoms with van der Waals surface area (Å²) in [6.45, 7) is 5.29. The molecule has 0 atom stereocenters. The lowest BCUT2D eigenvalue weighted by Gasteiger charge is -2.31. The van der Waals surface area contributed by atoms with Crippen LogP contribution in [0.2, 0.25) is 5.02 Å². The second kappa shape index (κ2) is 10.3. The summed E-state index contributed by atoms with van der Waals surface area (Å²) in [5.74, 6) is 1.41. The van der Waals surface area contributed by atoms with Gasteiger partial charge in [-0.3, -0.25) is 0 Å². The number of methoxy groups -OCH3 is 1. The number of ether oxygens (including phenoxy) is 2. The van der Waals surface area contributed by atoms with Gasteiger partial charge < -0.3 is 19.7 Å². The second-order valence-corrected chi connectivity index (χ2v) is 7.66. The summed E-state index contributed by atoms with van der Waals surface area (Å²) in [5.41, 5.74) is 1.34. The number of anilines is 2. The first kappa shape index (κ1) is 23.3. The largest absolute Gasteiger partial charge is 0.493 e. The maximum atomic E-state index is 13.5. The standard InChI is InChI=1S/C22H24ClFN4O2.ClH/c1-3-28-8-6-15(7-9-28)30-21-11-16-19(12-20(21)29-2)25-13-26-22(16)27-14-4-5-18(24)17(23)10-14;/h4-5,10-13,15H,3,6-9H2,1-2H3,(H,25,26,27);1H. The van der Waals surface area contributed by atoms with E-state index in [1.54, 1.807) is 13.2 Å². The van der Waals surface area contributed by atoms with Crippen LogP contribution in [0.1, 0.15) is 19.8 Å². The van der Waals surface area contributed by atoms with E-state index in [4.69, 9.17) is 21.1 Å². The Bertz CT molecular complexity index is 1050. The minimum Gasteiger partial charge on any atom is -0.493 e. The third-order valence-corrected chi connectivity index (χ3v) is 5.67. The van der Waals surface area contributed by atoms with Gasteiger partial charge in [0, 0.05) is 30.2 Å². The molecule has 2 aromatic carbocycles. The van der Waals surface area contributed by atoms with E-state index in [1.807, 2.05) is 12.1 Å². The fourth-order valence-electron chi connectivity index (χ4n) is 3.65. The molecule has 1 aromatic heterocycles. The minimum atomic E-state index is -0.468. The Labute approximate surface area is 192 Å². The lowest BCUT2D eigenvalue weighted by atomic mass is 10.1. The third kappa shape index (κ3) is 5.29. The molecule has 6 nitrogen and oxygen atoms in total. The van der Waals surface area contributed by atoms with Crippen LogP contribution in [-0.2, 0) is 0 Å². The van der Waals surface area contributed by atoms with Gasteiger partial charge in [0.15, 0.2) is 11.5 Å². The number of benzene rings is 2. The number of halogens is 3. The van der Waals surface area contributed by atoms with E-state index >= 15 is 0 Å². The second-order valence-electron chi connectivity index (χ2n) is 7.25. The van der Waals surface area contributed by atoms with Crippen LogP contribution in [0.5, 0.6) is 11.5 Å². The van der Waals surface area contributed by atoms with Crippen LogP contribution in [0, 0.1) is 5.82 Å². The highest BCUT2D eigenvalue weighted by Crippen LogP contribution is 2.36. The van der Waals surface area contributed by atoms with Gasteiger partial charge in [-0.1, -0.05) is 18.5 Å². The van der Waals surface area contributed by atoms with Crippen molar-refractivity contribution < 1.29 is 13.9 Å². The maximum absolute atomic E-state index is 13.5. The molecule has 2 heterocycles. The van der Waals surface area contributed by atoms with E-state index in [0.717, 1.165) is 37.9 Å². The van der Waals surface area contributed by atoms with Gasteiger partial charge in [-0.05, 0) is 43.7 Å². The number of aromatic nitrogens is 2. The van der Waals surface area contributed by atoms with Crippen LogP contribution in [0.15, 0.2) is 36.7 Å². The molecule has 1 aliphatic heterocycles. The van der Waals surface area contributed by atoms with E-state index in [-0.39, 0.29) is 23.5 Å². The zero-order chi connectivity index (χ0) is 21.1. The van der Waals surface area contributed by atoms with Crippen LogP contribution in [0.25, 0.3) is 10.9 Å². The molecule has 0 aliphatic carbocycles. The smallest absolute Gasteiger partial charge is 0.162 e.